The Labute approximate surface area is 395 Å². The van der Waals surface area contributed by atoms with E-state index in [4.69, 9.17) is 14.2 Å². The topological polar surface area (TPSA) is 78.9 Å². The van der Waals surface area contributed by atoms with Gasteiger partial charge in [0.1, 0.15) is 13.2 Å². The lowest BCUT2D eigenvalue weighted by Gasteiger charge is -2.18. The van der Waals surface area contributed by atoms with Crippen molar-refractivity contribution < 1.29 is 28.6 Å². The first-order chi connectivity index (χ1) is 31.5. The zero-order valence-corrected chi connectivity index (χ0v) is 41.8. The summed E-state index contributed by atoms with van der Waals surface area (Å²) in [7, 11) is 0. The van der Waals surface area contributed by atoms with Crippen LogP contribution in [0.15, 0.2) is 85.1 Å². The molecule has 6 heteroatoms. The number of esters is 3. The highest BCUT2D eigenvalue weighted by atomic mass is 16.6. The molecule has 1 unspecified atom stereocenters. The van der Waals surface area contributed by atoms with Crippen LogP contribution in [0.5, 0.6) is 0 Å². The minimum absolute atomic E-state index is 0.107. The third kappa shape index (κ3) is 49.6. The number of rotatable bonds is 47. The van der Waals surface area contributed by atoms with Crippen molar-refractivity contribution in [3.05, 3.63) is 85.1 Å². The highest BCUT2D eigenvalue weighted by Crippen LogP contribution is 2.14. The smallest absolute Gasteiger partial charge is 0.306 e. The summed E-state index contributed by atoms with van der Waals surface area (Å²) in [5.41, 5.74) is 0. The van der Waals surface area contributed by atoms with Gasteiger partial charge in [-0.1, -0.05) is 209 Å². The van der Waals surface area contributed by atoms with Crippen molar-refractivity contribution in [1.82, 2.24) is 0 Å². The summed E-state index contributed by atoms with van der Waals surface area (Å²) < 4.78 is 16.7. The lowest BCUT2D eigenvalue weighted by Crippen LogP contribution is -2.30. The molecule has 0 aliphatic rings. The van der Waals surface area contributed by atoms with Gasteiger partial charge in [0, 0.05) is 19.3 Å². The summed E-state index contributed by atoms with van der Waals surface area (Å²) in [6.45, 7) is 6.42. The van der Waals surface area contributed by atoms with Crippen LogP contribution in [0.3, 0.4) is 0 Å². The van der Waals surface area contributed by atoms with Gasteiger partial charge in [-0.05, 0) is 103 Å². The van der Waals surface area contributed by atoms with Crippen LogP contribution in [0.2, 0.25) is 0 Å². The van der Waals surface area contributed by atoms with E-state index in [9.17, 15) is 14.4 Å². The Morgan fingerprint density at radius 3 is 1.08 bits per heavy atom. The van der Waals surface area contributed by atoms with Crippen molar-refractivity contribution in [2.24, 2.45) is 0 Å². The second-order valence-electron chi connectivity index (χ2n) is 17.4. The van der Waals surface area contributed by atoms with Gasteiger partial charge in [0.2, 0.25) is 0 Å². The van der Waals surface area contributed by atoms with Gasteiger partial charge in [0.25, 0.3) is 0 Å². The van der Waals surface area contributed by atoms with Gasteiger partial charge in [-0.15, -0.1) is 0 Å². The van der Waals surface area contributed by atoms with Crippen molar-refractivity contribution in [1.29, 1.82) is 0 Å². The van der Waals surface area contributed by atoms with Crippen molar-refractivity contribution in [2.75, 3.05) is 13.2 Å². The molecule has 0 aromatic heterocycles. The molecule has 0 aromatic rings. The van der Waals surface area contributed by atoms with E-state index in [1.165, 1.54) is 109 Å². The van der Waals surface area contributed by atoms with Crippen LogP contribution in [0.25, 0.3) is 0 Å². The standard InChI is InChI=1S/C58H98O6/c1-4-7-10-13-16-19-22-25-27-29-31-33-36-39-42-45-48-51-57(60)63-54-55(53-62-56(59)50-47-44-41-38-35-32-24-21-18-15-12-9-6-3)64-58(61)52-49-46-43-40-37-34-30-28-26-23-20-17-14-11-8-5-2/h9,12,18,20-21,23,25,27-28,30,32,35,41,44,55H,4-8,10-11,13-17,19,22,24,26,29,31,33-34,36-40,42-43,45-54H2,1-3H3/b12-9-,21-18-,23-20-,27-25-,30-28-,35-32-,44-41-. The van der Waals surface area contributed by atoms with Crippen molar-refractivity contribution >= 4 is 17.9 Å². The van der Waals surface area contributed by atoms with Crippen LogP contribution < -0.4 is 0 Å². The highest BCUT2D eigenvalue weighted by Gasteiger charge is 2.19. The van der Waals surface area contributed by atoms with Crippen LogP contribution in [-0.4, -0.2) is 37.2 Å². The Balaban J connectivity index is 4.48. The van der Waals surface area contributed by atoms with Crippen molar-refractivity contribution in [3.63, 3.8) is 0 Å². The summed E-state index contributed by atoms with van der Waals surface area (Å²) in [4.78, 5) is 38.0. The third-order valence-corrected chi connectivity index (χ3v) is 11.1. The molecular formula is C58H98O6. The Morgan fingerprint density at radius 2 is 0.641 bits per heavy atom. The van der Waals surface area contributed by atoms with E-state index < -0.39 is 6.10 Å². The molecule has 0 amide bonds. The minimum atomic E-state index is -0.814. The summed E-state index contributed by atoms with van der Waals surface area (Å²) in [5.74, 6) is -1.01. The Kier molecular flexibility index (Phi) is 49.4. The highest BCUT2D eigenvalue weighted by molar-refractivity contribution is 5.71. The van der Waals surface area contributed by atoms with E-state index in [1.54, 1.807) is 0 Å². The first-order valence-corrected chi connectivity index (χ1v) is 26.6. The molecule has 0 bridgehead atoms. The van der Waals surface area contributed by atoms with Gasteiger partial charge in [0.15, 0.2) is 6.10 Å². The van der Waals surface area contributed by atoms with E-state index >= 15 is 0 Å². The molecule has 1 atom stereocenters. The number of allylic oxidation sites excluding steroid dienone is 14. The molecule has 0 aromatic carbocycles. The van der Waals surface area contributed by atoms with Crippen molar-refractivity contribution in [2.45, 2.75) is 252 Å². The molecule has 0 rings (SSSR count). The number of unbranched alkanes of at least 4 members (excludes halogenated alkanes) is 22. The monoisotopic (exact) mass is 891 g/mol. The molecule has 0 aliphatic heterocycles. The Hall–Kier alpha value is -3.41. The minimum Gasteiger partial charge on any atom is -0.462 e. The molecule has 366 valence electrons. The van der Waals surface area contributed by atoms with Gasteiger partial charge in [-0.3, -0.25) is 14.4 Å². The lowest BCUT2D eigenvalue weighted by atomic mass is 10.1. The van der Waals surface area contributed by atoms with E-state index in [1.807, 2.05) is 12.2 Å². The predicted molar refractivity (Wildman–Crippen MR) is 274 cm³/mol. The number of carbonyl (C=O) groups excluding carboxylic acids is 3. The fourth-order valence-electron chi connectivity index (χ4n) is 7.13. The SMILES string of the molecule is CC/C=C\C/C=C\C/C=C\C/C=C\CCC(=O)OCC(COC(=O)CCCCCCCCC/C=C\CCCCCCCC)OC(=O)CCCCCCC/C=C\C/C=C\CCCCCC. The van der Waals surface area contributed by atoms with Crippen molar-refractivity contribution in [3.8, 4) is 0 Å². The molecule has 64 heavy (non-hydrogen) atoms. The Bertz CT molecular complexity index is 1250. The largest absolute Gasteiger partial charge is 0.462 e. The number of hydrogen-bond acceptors (Lipinski definition) is 6. The van der Waals surface area contributed by atoms with E-state index in [0.29, 0.717) is 19.3 Å². The quantitative estimate of drug-likeness (QED) is 0.0262. The predicted octanol–water partition coefficient (Wildman–Crippen LogP) is 17.6. The first-order valence-electron chi connectivity index (χ1n) is 26.6. The van der Waals surface area contributed by atoms with E-state index in [2.05, 4.69) is 93.7 Å². The number of hydrogen-bond donors (Lipinski definition) is 0. The van der Waals surface area contributed by atoms with Gasteiger partial charge in [0.05, 0.1) is 0 Å². The van der Waals surface area contributed by atoms with Gasteiger partial charge >= 0.3 is 17.9 Å². The fourth-order valence-corrected chi connectivity index (χ4v) is 7.13. The lowest BCUT2D eigenvalue weighted by molar-refractivity contribution is -0.166. The molecule has 0 saturated carbocycles. The van der Waals surface area contributed by atoms with Crippen LogP contribution in [0.1, 0.15) is 245 Å². The number of carbonyl (C=O) groups is 3. The molecule has 0 saturated heterocycles. The first kappa shape index (κ1) is 60.6. The van der Waals surface area contributed by atoms with Gasteiger partial charge in [-0.2, -0.15) is 0 Å². The summed E-state index contributed by atoms with van der Waals surface area (Å²) in [5, 5.41) is 0. The zero-order valence-electron chi connectivity index (χ0n) is 41.8. The maximum Gasteiger partial charge on any atom is 0.306 e. The Morgan fingerprint density at radius 1 is 0.328 bits per heavy atom. The van der Waals surface area contributed by atoms with Crippen LogP contribution in [0, 0.1) is 0 Å². The van der Waals surface area contributed by atoms with E-state index in [-0.39, 0.29) is 37.5 Å². The normalized spacial score (nSPS) is 12.7. The maximum atomic E-state index is 12.8. The molecular weight excluding hydrogens is 793 g/mol. The molecule has 6 nitrogen and oxygen atoms in total. The van der Waals surface area contributed by atoms with Crippen LogP contribution >= 0.6 is 0 Å². The molecule has 0 heterocycles. The summed E-state index contributed by atoms with van der Waals surface area (Å²) in [6, 6.07) is 0. The second-order valence-corrected chi connectivity index (χ2v) is 17.4. The second kappa shape index (κ2) is 52.2. The molecule has 0 aliphatic carbocycles. The molecule has 0 N–H and O–H groups in total. The summed E-state index contributed by atoms with van der Waals surface area (Å²) in [6.07, 6.45) is 67.2. The van der Waals surface area contributed by atoms with Gasteiger partial charge in [-0.25, -0.2) is 0 Å². The maximum absolute atomic E-state index is 12.8. The zero-order chi connectivity index (χ0) is 46.5. The molecule has 0 radical (unpaired) electrons. The van der Waals surface area contributed by atoms with Crippen LogP contribution in [0.4, 0.5) is 0 Å². The molecule has 0 spiro atoms. The molecule has 0 fully saturated rings. The average molecular weight is 891 g/mol. The van der Waals surface area contributed by atoms with E-state index in [0.717, 1.165) is 89.9 Å². The number of ether oxygens (including phenoxy) is 3. The third-order valence-electron chi connectivity index (χ3n) is 11.1. The average Bonchev–Trinajstić information content (AvgIpc) is 3.29. The summed E-state index contributed by atoms with van der Waals surface area (Å²) >= 11 is 0. The fraction of sp³-hybridized carbons (Fsp3) is 0.707. The van der Waals surface area contributed by atoms with Gasteiger partial charge < -0.3 is 14.2 Å². The van der Waals surface area contributed by atoms with Crippen LogP contribution in [-0.2, 0) is 28.6 Å².